The predicted octanol–water partition coefficient (Wildman–Crippen LogP) is 10.2. The van der Waals surface area contributed by atoms with Gasteiger partial charge in [0.05, 0.1) is 31.9 Å². The van der Waals surface area contributed by atoms with Gasteiger partial charge in [-0.15, -0.1) is 5.10 Å². The maximum atomic E-state index is 13.6. The monoisotopic (exact) mass is 1230 g/mol. The summed E-state index contributed by atoms with van der Waals surface area (Å²) in [5.74, 6) is 3.02. The highest BCUT2D eigenvalue weighted by molar-refractivity contribution is 6.13. The Hall–Kier alpha value is -6.37. The fourth-order valence-electron chi connectivity index (χ4n) is 15.6. The number of unbranched alkanes of at least 4 members (excludes halogenated alkanes) is 1. The van der Waals surface area contributed by atoms with Crippen molar-refractivity contribution < 1.29 is 48.4 Å². The average Bonchev–Trinajstić information content (AvgIpc) is 1.72. The third kappa shape index (κ3) is 19.1. The number of ketones is 2. The minimum atomic E-state index is -1.12. The number of phenols is 2. The van der Waals surface area contributed by atoms with Crippen molar-refractivity contribution in [1.82, 2.24) is 40.7 Å². The van der Waals surface area contributed by atoms with Crippen LogP contribution < -0.4 is 25.4 Å². The van der Waals surface area contributed by atoms with Crippen molar-refractivity contribution in [3.63, 3.8) is 0 Å². The van der Waals surface area contributed by atoms with Gasteiger partial charge in [0.25, 0.3) is 0 Å². The second-order valence-electron chi connectivity index (χ2n) is 27.2. The molecule has 0 spiro atoms. The highest BCUT2D eigenvalue weighted by Gasteiger charge is 2.59. The van der Waals surface area contributed by atoms with E-state index in [-0.39, 0.29) is 78.1 Å². The Kier molecular flexibility index (Phi) is 25.5. The number of methoxy groups -OCH3 is 2. The summed E-state index contributed by atoms with van der Waals surface area (Å²) in [4.78, 5) is 70.2. The van der Waals surface area contributed by atoms with E-state index < -0.39 is 17.5 Å². The smallest absolute Gasteiger partial charge is 0.246 e. The molecule has 1 aromatic heterocycles. The van der Waals surface area contributed by atoms with Crippen LogP contribution in [0, 0.1) is 52.3 Å². The molecule has 4 aliphatic carbocycles. The van der Waals surface area contributed by atoms with Crippen LogP contribution >= 0.6 is 0 Å². The van der Waals surface area contributed by atoms with Gasteiger partial charge in [0, 0.05) is 77.8 Å². The number of amides is 3. The number of allylic oxidation sites excluding steroid dienone is 3. The first-order valence-electron chi connectivity index (χ1n) is 33.5. The van der Waals surface area contributed by atoms with Crippen molar-refractivity contribution in [3.05, 3.63) is 83.2 Å². The van der Waals surface area contributed by atoms with Crippen molar-refractivity contribution in [2.75, 3.05) is 79.7 Å². The molecule has 8 rings (SSSR count). The normalized spacial score (nSPS) is 24.1. The Morgan fingerprint density at radius 1 is 0.697 bits per heavy atom. The number of phenolic OH excluding ortho intramolecular Hbond substituents is 2. The maximum Gasteiger partial charge on any atom is 0.246 e. The summed E-state index contributed by atoms with van der Waals surface area (Å²) in [5, 5.41) is 37.4. The summed E-state index contributed by atoms with van der Waals surface area (Å²) in [6.07, 6.45) is 27.6. The van der Waals surface area contributed by atoms with Gasteiger partial charge in [0.2, 0.25) is 17.7 Å². The molecule has 18 nitrogen and oxygen atoms in total. The molecule has 8 atom stereocenters. The van der Waals surface area contributed by atoms with Crippen molar-refractivity contribution >= 4 is 41.4 Å². The standard InChI is InChI=1S/C71H104N8O10/c1-49(2)13-10-14-50(3)58-21-22-59-56-20-19-53-45-55(29-31-70(53,4)60(56)30-32-71(58,59)5)89-48-69(86)74-35-12-37-78-41-39-77(40-42-78)36-11-34-73-68(85)28-27-67(84)72-33-8-9-38-79-47-54(75-76-79)46-57(61(80)23-15-51-17-25-63(82)65(43-51)87-6)62(81)24-16-52-18-26-64(83)66(44-52)88-7/h15-19,23-26,43-44,47,49-50,55-60,82-83H,8-14,20-22,27-42,45-46,48H2,1-7H3,(H,72,84)(H,73,85)(H,74,86)/b23-15+,24-16+/t50-,55+,56+,58-,59+,60+,70+,71-/m1/s1. The number of fused-ring (bicyclic) bond motifs is 5. The third-order valence-corrected chi connectivity index (χ3v) is 20.8. The number of aryl methyl sites for hydroxylation is 1. The fourth-order valence-corrected chi connectivity index (χ4v) is 15.6. The molecule has 3 aromatic rings. The van der Waals surface area contributed by atoms with Gasteiger partial charge in [0.1, 0.15) is 6.61 Å². The van der Waals surface area contributed by atoms with E-state index in [0.717, 1.165) is 100 Å². The van der Waals surface area contributed by atoms with Gasteiger partial charge in [-0.1, -0.05) is 95.0 Å². The van der Waals surface area contributed by atoms with Crippen LogP contribution in [-0.2, 0) is 41.7 Å². The Morgan fingerprint density at radius 3 is 1.89 bits per heavy atom. The molecule has 1 aliphatic heterocycles. The Bertz CT molecular complexity index is 2860. The van der Waals surface area contributed by atoms with Crippen LogP contribution in [0.3, 0.4) is 0 Å². The van der Waals surface area contributed by atoms with Crippen molar-refractivity contribution in [1.29, 1.82) is 0 Å². The fraction of sp³-hybridized carbons (Fsp3) is 0.648. The van der Waals surface area contributed by atoms with Crippen LogP contribution in [0.5, 0.6) is 23.0 Å². The average molecular weight is 1230 g/mol. The lowest BCUT2D eigenvalue weighted by molar-refractivity contribution is -0.129. The number of nitrogens with zero attached hydrogens (tertiary/aromatic N) is 5. The molecule has 5 aliphatic rings. The van der Waals surface area contributed by atoms with Crippen LogP contribution in [0.2, 0.25) is 0 Å². The highest BCUT2D eigenvalue weighted by atomic mass is 16.5. The highest BCUT2D eigenvalue weighted by Crippen LogP contribution is 2.67. The SMILES string of the molecule is COc1cc(/C=C/C(=O)C(Cc2cn(CCCCNC(=O)CCC(=O)NCCCN3CCN(CCCNC(=O)CO[C@H]4CC[C@@]5(C)C(=CC[C@H]6[C@@H]7CC[C@H]([C@H](C)CCCC(C)C)[C@@]7(C)CC[C@@H]65)C4)CC3)nn2)C(=O)/C=C/c2ccc(O)c(OC)c2)ccc1O. The molecule has 2 heterocycles. The van der Waals surface area contributed by atoms with E-state index in [1.165, 1.54) is 96.3 Å². The number of aromatic hydroxyl groups is 2. The molecule has 5 N–H and O–H groups in total. The van der Waals surface area contributed by atoms with Gasteiger partial charge in [-0.05, 0) is 184 Å². The zero-order valence-corrected chi connectivity index (χ0v) is 54.4. The quantitative estimate of drug-likeness (QED) is 0.0162. The summed E-state index contributed by atoms with van der Waals surface area (Å²) < 4.78 is 18.3. The van der Waals surface area contributed by atoms with Crippen molar-refractivity contribution in [2.24, 2.45) is 52.3 Å². The zero-order valence-electron chi connectivity index (χ0n) is 54.4. The number of benzene rings is 2. The number of piperazine rings is 1. The van der Waals surface area contributed by atoms with Crippen LogP contribution in [-0.4, -0.2) is 150 Å². The second kappa shape index (κ2) is 33.1. The van der Waals surface area contributed by atoms with Crippen LogP contribution in [0.4, 0.5) is 0 Å². The number of hydrogen-bond donors (Lipinski definition) is 5. The molecule has 2 aromatic carbocycles. The number of carbonyl (C=O) groups is 5. The predicted molar refractivity (Wildman–Crippen MR) is 347 cm³/mol. The van der Waals surface area contributed by atoms with Gasteiger partial charge in [-0.2, -0.15) is 0 Å². The number of rotatable bonds is 34. The van der Waals surface area contributed by atoms with Gasteiger partial charge < -0.3 is 50.2 Å². The van der Waals surface area contributed by atoms with E-state index in [2.05, 4.69) is 76.8 Å². The lowest BCUT2D eigenvalue weighted by Crippen LogP contribution is -2.51. The number of nitrogens with one attached hydrogen (secondary N) is 3. The first-order valence-corrected chi connectivity index (χ1v) is 33.5. The summed E-state index contributed by atoms with van der Waals surface area (Å²) in [5.41, 5.74) is 4.02. The molecule has 1 saturated heterocycles. The molecular formula is C71H104N8O10. The molecule has 89 heavy (non-hydrogen) atoms. The Balaban J connectivity index is 0.637. The lowest BCUT2D eigenvalue weighted by atomic mass is 9.47. The van der Waals surface area contributed by atoms with E-state index in [1.54, 1.807) is 52.9 Å². The molecule has 3 saturated carbocycles. The molecule has 0 bridgehead atoms. The molecule has 0 radical (unpaired) electrons. The van der Waals surface area contributed by atoms with Crippen LogP contribution in [0.25, 0.3) is 12.2 Å². The summed E-state index contributed by atoms with van der Waals surface area (Å²) in [7, 11) is 2.85. The number of hydrogen-bond acceptors (Lipinski definition) is 14. The van der Waals surface area contributed by atoms with E-state index in [9.17, 15) is 34.2 Å². The topological polar surface area (TPSA) is 227 Å². The second-order valence-corrected chi connectivity index (χ2v) is 27.2. The lowest BCUT2D eigenvalue weighted by Gasteiger charge is -2.58. The van der Waals surface area contributed by atoms with Crippen molar-refractivity contribution in [3.8, 4) is 23.0 Å². The number of carbonyl (C=O) groups excluding carboxylic acids is 5. The molecule has 4 fully saturated rings. The third-order valence-electron chi connectivity index (χ3n) is 20.8. The molecule has 3 amide bonds. The number of ether oxygens (including phenoxy) is 3. The minimum absolute atomic E-state index is 0.00786. The molecular weight excluding hydrogens is 1120 g/mol. The van der Waals surface area contributed by atoms with Crippen LogP contribution in [0.1, 0.15) is 161 Å². The van der Waals surface area contributed by atoms with Gasteiger partial charge in [0.15, 0.2) is 34.6 Å². The van der Waals surface area contributed by atoms with E-state index in [4.69, 9.17) is 14.2 Å². The molecule has 18 heteroatoms. The summed E-state index contributed by atoms with van der Waals surface area (Å²) >= 11 is 0. The zero-order chi connectivity index (χ0) is 63.5. The van der Waals surface area contributed by atoms with Gasteiger partial charge in [-0.3, -0.25) is 28.7 Å². The Morgan fingerprint density at radius 2 is 1.29 bits per heavy atom. The van der Waals surface area contributed by atoms with E-state index in [0.29, 0.717) is 61.3 Å². The maximum absolute atomic E-state index is 13.6. The van der Waals surface area contributed by atoms with Gasteiger partial charge >= 0.3 is 0 Å². The Labute approximate surface area is 529 Å². The van der Waals surface area contributed by atoms with E-state index >= 15 is 0 Å². The van der Waals surface area contributed by atoms with Crippen LogP contribution in [0.15, 0.2) is 66.4 Å². The first-order chi connectivity index (χ1) is 42.8. The summed E-state index contributed by atoms with van der Waals surface area (Å²) in [6.45, 7) is 20.5. The molecule has 0 unspecified atom stereocenters. The summed E-state index contributed by atoms with van der Waals surface area (Å²) in [6, 6.07) is 9.30. The minimum Gasteiger partial charge on any atom is -0.504 e. The van der Waals surface area contributed by atoms with Crippen molar-refractivity contribution in [2.45, 2.75) is 163 Å². The van der Waals surface area contributed by atoms with Gasteiger partial charge in [-0.25, -0.2) is 0 Å². The largest absolute Gasteiger partial charge is 0.504 e. The number of aromatic nitrogens is 3. The first kappa shape index (κ1) is 68.5. The van der Waals surface area contributed by atoms with E-state index in [1.807, 2.05) is 0 Å². The molecule has 488 valence electrons.